The van der Waals surface area contributed by atoms with Crippen molar-refractivity contribution < 1.29 is 63.9 Å². The van der Waals surface area contributed by atoms with Gasteiger partial charge in [0, 0.05) is 50.4 Å². The fourth-order valence-electron chi connectivity index (χ4n) is 5.95. The van der Waals surface area contributed by atoms with Gasteiger partial charge in [0.2, 0.25) is 5.91 Å². The van der Waals surface area contributed by atoms with Gasteiger partial charge in [0.25, 0.3) is 0 Å². The monoisotopic (exact) mass is 826 g/mol. The molecule has 2 heterocycles. The Bertz CT molecular complexity index is 1140. The topological polar surface area (TPSA) is 328 Å². The molecule has 0 aromatic heterocycles. The van der Waals surface area contributed by atoms with Crippen molar-refractivity contribution in [1.82, 2.24) is 20.5 Å². The van der Waals surface area contributed by atoms with Crippen molar-refractivity contribution >= 4 is 22.0 Å². The normalized spacial score (nSPS) is 28.7. The zero-order valence-electron chi connectivity index (χ0n) is 32.5. The van der Waals surface area contributed by atoms with E-state index in [0.717, 1.165) is 39.1 Å². The highest BCUT2D eigenvalue weighted by Gasteiger charge is 2.45. The molecule has 56 heavy (non-hydrogen) atoms. The maximum atomic E-state index is 11.6. The highest BCUT2D eigenvalue weighted by Crippen LogP contribution is 2.23. The second kappa shape index (κ2) is 28.5. The molecule has 2 rings (SSSR count). The molecule has 0 radical (unpaired) electrons. The number of carbonyl (C=O) groups excluding carboxylic acids is 1. The minimum Gasteiger partial charge on any atom is -0.400 e. The number of nitrogens with two attached hydrogens (primary N) is 4. The summed E-state index contributed by atoms with van der Waals surface area (Å²) in [4.78, 5) is 13.7. The fraction of sp³-hybridized carbons (Fsp3) is 0.848. The van der Waals surface area contributed by atoms with Gasteiger partial charge in [0.1, 0.15) is 49.7 Å². The van der Waals surface area contributed by atoms with Crippen LogP contribution in [0.15, 0.2) is 23.8 Å². The van der Waals surface area contributed by atoms with Crippen LogP contribution in [-0.4, -0.2) is 200 Å². The molecule has 2 aliphatic heterocycles. The van der Waals surface area contributed by atoms with Crippen LogP contribution >= 0.6 is 9.12 Å². The zero-order valence-corrected chi connectivity index (χ0v) is 33.6. The molecule has 0 spiro atoms. The maximum absolute atomic E-state index is 11.6. The molecule has 0 saturated carbocycles. The van der Waals surface area contributed by atoms with Gasteiger partial charge in [-0.1, -0.05) is 19.2 Å². The lowest BCUT2D eigenvalue weighted by molar-refractivity contribution is -0.272. The summed E-state index contributed by atoms with van der Waals surface area (Å²) >= 11 is 0. The number of aliphatic hydroxyl groups is 6. The number of hydrogen-bond donors (Lipinski definition) is 12. The molecule has 1 amide bonds. The fourth-order valence-corrected chi connectivity index (χ4v) is 6.24. The highest BCUT2D eigenvalue weighted by molar-refractivity contribution is 7.55. The number of rotatable bonds is 29. The van der Waals surface area contributed by atoms with Gasteiger partial charge in [-0.2, -0.15) is 9.12 Å². The number of amides is 1. The Labute approximate surface area is 332 Å². The molecular formula is C33H68BN8O13P. The lowest BCUT2D eigenvalue weighted by Crippen LogP contribution is -2.64. The third kappa shape index (κ3) is 18.7. The smallest absolute Gasteiger partial charge is 0.217 e. The third-order valence-electron chi connectivity index (χ3n) is 8.94. The summed E-state index contributed by atoms with van der Waals surface area (Å²) in [5.74, 6) is 5.70. The zero-order chi connectivity index (χ0) is 41.5. The maximum Gasteiger partial charge on any atom is 0.217 e. The number of nitrogens with zero attached hydrogens (tertiary/aromatic N) is 2. The summed E-state index contributed by atoms with van der Waals surface area (Å²) in [6, 6.07) is -2.00. The SMILES string of the molecule is CC(=O)NC1C(OCCOCCN/C=C(\N)CN(CCCCCBP)C/C(N)=C/N(N)CCOCCOC2OC(CO)C(O)C(O)C2N)OC(CO)C(O)C1O. The van der Waals surface area contributed by atoms with Crippen LogP contribution in [-0.2, 0) is 33.2 Å². The van der Waals surface area contributed by atoms with Crippen LogP contribution in [0, 0.1) is 0 Å². The lowest BCUT2D eigenvalue weighted by atomic mass is 9.97. The molecule has 23 heteroatoms. The lowest BCUT2D eigenvalue weighted by Gasteiger charge is -2.42. The van der Waals surface area contributed by atoms with Crippen LogP contribution in [0.25, 0.3) is 0 Å². The number of carbonyl (C=O) groups is 1. The molecule has 2 aliphatic rings. The van der Waals surface area contributed by atoms with Crippen molar-refractivity contribution in [3.63, 3.8) is 0 Å². The number of ether oxygens (including phenoxy) is 6. The second-order valence-electron chi connectivity index (χ2n) is 13.7. The van der Waals surface area contributed by atoms with E-state index in [1.165, 1.54) is 11.9 Å². The van der Waals surface area contributed by atoms with Crippen molar-refractivity contribution in [2.24, 2.45) is 23.0 Å². The Balaban J connectivity index is 1.72. The average molecular weight is 827 g/mol. The van der Waals surface area contributed by atoms with Crippen molar-refractivity contribution in [2.75, 3.05) is 85.6 Å². The molecule has 326 valence electrons. The van der Waals surface area contributed by atoms with E-state index in [1.54, 1.807) is 12.4 Å². The van der Waals surface area contributed by atoms with Crippen LogP contribution in [0.2, 0.25) is 6.32 Å². The summed E-state index contributed by atoms with van der Waals surface area (Å²) in [6.45, 7) is 4.94. The summed E-state index contributed by atoms with van der Waals surface area (Å²) in [6.07, 6.45) is -1.83. The Hall–Kier alpha value is -1.96. The predicted octanol–water partition coefficient (Wildman–Crippen LogP) is -5.75. The molecule has 16 N–H and O–H groups in total. The van der Waals surface area contributed by atoms with Crippen LogP contribution in [0.4, 0.5) is 0 Å². The molecule has 11 unspecified atom stereocenters. The molecule has 2 saturated heterocycles. The largest absolute Gasteiger partial charge is 0.400 e. The summed E-state index contributed by atoms with van der Waals surface area (Å²) < 4.78 is 33.3. The minimum atomic E-state index is -1.39. The minimum absolute atomic E-state index is 0.0707. The number of hydrogen-bond acceptors (Lipinski definition) is 20. The van der Waals surface area contributed by atoms with Gasteiger partial charge >= 0.3 is 0 Å². The summed E-state index contributed by atoms with van der Waals surface area (Å²) in [5, 5.41) is 66.3. The standard InChI is InChI=1S/C33H68BN8O13P/c1-21(45)40-27-31(49)29(47)25(20-44)55-33(27)53-14-11-50-9-6-39-15-22(35)16-41(7-4-2-3-5-34-56)17-23(36)18-42(38)8-10-51-12-13-52-32-26(37)30(48)28(46)24(19-43)54-32/h15,18,24-34,39,43-44,46-49H,2-14,16-17,19-20,35-38,56H2,1H3,(H,40,45)/b22-15-,23-18-. The van der Waals surface area contributed by atoms with Crippen molar-refractivity contribution in [2.45, 2.75) is 93.8 Å². The molecular weight excluding hydrogens is 758 g/mol. The molecule has 11 atom stereocenters. The van der Waals surface area contributed by atoms with Gasteiger partial charge in [0.05, 0.1) is 65.4 Å². The number of aliphatic hydroxyl groups excluding tert-OH is 6. The first-order valence-corrected chi connectivity index (χ1v) is 19.9. The first-order valence-electron chi connectivity index (χ1n) is 19.1. The van der Waals surface area contributed by atoms with Crippen molar-refractivity contribution in [3.8, 4) is 0 Å². The summed E-state index contributed by atoms with van der Waals surface area (Å²) in [5.41, 5.74) is 19.7. The Morgan fingerprint density at radius 2 is 1.43 bits per heavy atom. The van der Waals surface area contributed by atoms with E-state index in [9.17, 15) is 35.4 Å². The predicted molar refractivity (Wildman–Crippen MR) is 210 cm³/mol. The molecule has 0 aliphatic carbocycles. The van der Waals surface area contributed by atoms with Crippen LogP contribution in [0.1, 0.15) is 26.2 Å². The molecule has 0 aromatic rings. The van der Waals surface area contributed by atoms with E-state index in [-0.39, 0.29) is 33.0 Å². The quantitative estimate of drug-likeness (QED) is 0.0110. The first-order chi connectivity index (χ1) is 26.8. The van der Waals surface area contributed by atoms with Crippen LogP contribution in [0.3, 0.4) is 0 Å². The number of nitrogens with one attached hydrogen (secondary N) is 2. The number of unbranched alkanes of at least 4 members (excludes halogenated alkanes) is 2. The van der Waals surface area contributed by atoms with Gasteiger partial charge in [-0.05, 0) is 13.0 Å². The van der Waals surface area contributed by atoms with Gasteiger partial charge in [-0.3, -0.25) is 9.69 Å². The van der Waals surface area contributed by atoms with E-state index in [2.05, 4.69) is 24.7 Å². The van der Waals surface area contributed by atoms with Gasteiger partial charge in [0.15, 0.2) is 12.6 Å². The molecule has 0 bridgehead atoms. The highest BCUT2D eigenvalue weighted by atomic mass is 31.0. The average Bonchev–Trinajstić information content (AvgIpc) is 3.16. The number of hydrazine groups is 1. The first kappa shape index (κ1) is 50.2. The van der Waals surface area contributed by atoms with E-state index in [1.807, 2.05) is 0 Å². The Kier molecular flexibility index (Phi) is 25.5. The van der Waals surface area contributed by atoms with Crippen LogP contribution in [0.5, 0.6) is 0 Å². The molecule has 0 aromatic carbocycles. The van der Waals surface area contributed by atoms with E-state index < -0.39 is 80.4 Å². The van der Waals surface area contributed by atoms with E-state index in [0.29, 0.717) is 44.2 Å². The van der Waals surface area contributed by atoms with Crippen molar-refractivity contribution in [3.05, 3.63) is 23.8 Å². The molecule has 2 fully saturated rings. The van der Waals surface area contributed by atoms with Crippen molar-refractivity contribution in [1.29, 1.82) is 0 Å². The van der Waals surface area contributed by atoms with E-state index in [4.69, 9.17) is 51.5 Å². The Morgan fingerprint density at radius 3 is 2.07 bits per heavy atom. The molecule has 21 nitrogen and oxygen atoms in total. The Morgan fingerprint density at radius 1 is 0.821 bits per heavy atom. The van der Waals surface area contributed by atoms with Crippen LogP contribution < -0.4 is 33.7 Å². The summed E-state index contributed by atoms with van der Waals surface area (Å²) in [7, 11) is 2.75. The van der Waals surface area contributed by atoms with Gasteiger partial charge < -0.3 is 91.9 Å². The second-order valence-corrected chi connectivity index (χ2v) is 14.3. The van der Waals surface area contributed by atoms with Gasteiger partial charge in [-0.15, -0.1) is 0 Å². The third-order valence-corrected chi connectivity index (χ3v) is 9.35. The van der Waals surface area contributed by atoms with E-state index >= 15 is 0 Å². The van der Waals surface area contributed by atoms with Gasteiger partial charge in [-0.25, -0.2) is 5.84 Å².